The summed E-state index contributed by atoms with van der Waals surface area (Å²) in [4.78, 5) is 35.8. The first-order chi connectivity index (χ1) is 11.8. The normalized spacial score (nSPS) is 13.0. The van der Waals surface area contributed by atoms with Gasteiger partial charge in [0, 0.05) is 17.9 Å². The first-order valence-corrected chi connectivity index (χ1v) is 9.22. The molecule has 0 bridgehead atoms. The second-order valence-corrected chi connectivity index (χ2v) is 6.71. The van der Waals surface area contributed by atoms with Crippen molar-refractivity contribution in [3.05, 3.63) is 33.8 Å². The number of carboxylic acids is 1. The molecule has 0 aliphatic heterocycles. The Morgan fingerprint density at radius 2 is 1.92 bits per heavy atom. The number of carbonyl (C=O) groups excluding carboxylic acids is 2. The van der Waals surface area contributed by atoms with Crippen LogP contribution in [0.5, 0.6) is 0 Å². The molecule has 2 atom stereocenters. The van der Waals surface area contributed by atoms with Crippen LogP contribution in [0.1, 0.15) is 10.4 Å². The molecule has 0 spiro atoms. The third kappa shape index (κ3) is 6.74. The SMILES string of the molecule is COC[C@H](NC(=O)c1cc(Cl)ccc1Cl)C(=O)N[C@H](CSC)C(=O)O. The molecule has 3 N–H and O–H groups in total. The number of rotatable bonds is 9. The van der Waals surface area contributed by atoms with Gasteiger partial charge in [-0.15, -0.1) is 0 Å². The van der Waals surface area contributed by atoms with E-state index in [2.05, 4.69) is 10.6 Å². The van der Waals surface area contributed by atoms with Gasteiger partial charge in [0.2, 0.25) is 5.91 Å². The minimum Gasteiger partial charge on any atom is -0.480 e. The number of amides is 2. The standard InChI is InChI=1S/C15H18Cl2N2O5S/c1-24-6-11(14(21)19-12(7-25-2)15(22)23)18-13(20)9-5-8(16)3-4-10(9)17/h3-5,11-12H,6-7H2,1-2H3,(H,18,20)(H,19,21)(H,22,23)/t11-,12+/m0/s1. The van der Waals surface area contributed by atoms with Crippen molar-refractivity contribution >= 4 is 52.7 Å². The summed E-state index contributed by atoms with van der Waals surface area (Å²) in [6.45, 7) is -0.138. The van der Waals surface area contributed by atoms with E-state index in [1.54, 1.807) is 6.26 Å². The molecular formula is C15H18Cl2N2O5S. The lowest BCUT2D eigenvalue weighted by atomic mass is 10.2. The Bertz CT molecular complexity index is 644. The van der Waals surface area contributed by atoms with E-state index >= 15 is 0 Å². The third-order valence-electron chi connectivity index (χ3n) is 3.08. The Morgan fingerprint density at radius 3 is 2.48 bits per heavy atom. The van der Waals surface area contributed by atoms with Crippen molar-refractivity contribution < 1.29 is 24.2 Å². The number of hydrogen-bond acceptors (Lipinski definition) is 5. The van der Waals surface area contributed by atoms with Gasteiger partial charge in [-0.25, -0.2) is 4.79 Å². The molecule has 10 heteroatoms. The average Bonchev–Trinajstić information content (AvgIpc) is 2.55. The van der Waals surface area contributed by atoms with Gasteiger partial charge in [0.05, 0.1) is 17.2 Å². The number of nitrogens with one attached hydrogen (secondary N) is 2. The summed E-state index contributed by atoms with van der Waals surface area (Å²) in [6, 6.07) is 2.20. The zero-order valence-corrected chi connectivity index (χ0v) is 15.9. The van der Waals surface area contributed by atoms with Crippen molar-refractivity contribution in [3.8, 4) is 0 Å². The molecule has 0 fully saturated rings. The van der Waals surface area contributed by atoms with Gasteiger partial charge >= 0.3 is 5.97 Å². The largest absolute Gasteiger partial charge is 0.480 e. The van der Waals surface area contributed by atoms with Crippen molar-refractivity contribution in [2.24, 2.45) is 0 Å². The van der Waals surface area contributed by atoms with E-state index in [0.717, 1.165) is 0 Å². The van der Waals surface area contributed by atoms with E-state index in [1.165, 1.54) is 37.1 Å². The zero-order chi connectivity index (χ0) is 19.0. The van der Waals surface area contributed by atoms with Crippen LogP contribution >= 0.6 is 35.0 Å². The molecule has 2 amide bonds. The number of thioether (sulfide) groups is 1. The average molecular weight is 409 g/mol. The van der Waals surface area contributed by atoms with E-state index in [0.29, 0.717) is 5.02 Å². The van der Waals surface area contributed by atoms with E-state index in [1.807, 2.05) is 0 Å². The molecule has 7 nitrogen and oxygen atoms in total. The molecule has 25 heavy (non-hydrogen) atoms. The highest BCUT2D eigenvalue weighted by molar-refractivity contribution is 7.98. The molecule has 0 aliphatic carbocycles. The summed E-state index contributed by atoms with van der Waals surface area (Å²) in [5, 5.41) is 14.4. The Kier molecular flexibility index (Phi) is 9.05. The molecule has 0 saturated heterocycles. The van der Waals surface area contributed by atoms with Crippen LogP contribution in [0.4, 0.5) is 0 Å². The topological polar surface area (TPSA) is 105 Å². The molecule has 1 aromatic carbocycles. The summed E-state index contributed by atoms with van der Waals surface area (Å²) in [7, 11) is 1.36. The second-order valence-electron chi connectivity index (χ2n) is 4.96. The minimum atomic E-state index is -1.16. The molecule has 0 radical (unpaired) electrons. The lowest BCUT2D eigenvalue weighted by molar-refractivity contribution is -0.141. The predicted molar refractivity (Wildman–Crippen MR) is 97.5 cm³/mol. The lowest BCUT2D eigenvalue weighted by Crippen LogP contribution is -2.54. The van der Waals surface area contributed by atoms with E-state index in [9.17, 15) is 14.4 Å². The van der Waals surface area contributed by atoms with E-state index in [4.69, 9.17) is 33.0 Å². The zero-order valence-electron chi connectivity index (χ0n) is 13.5. The molecule has 1 aromatic rings. The van der Waals surface area contributed by atoms with E-state index in [-0.39, 0.29) is 22.9 Å². The number of methoxy groups -OCH3 is 1. The summed E-state index contributed by atoms with van der Waals surface area (Å²) < 4.78 is 4.93. The summed E-state index contributed by atoms with van der Waals surface area (Å²) in [6.07, 6.45) is 1.72. The van der Waals surface area contributed by atoms with Gasteiger partial charge in [-0.1, -0.05) is 23.2 Å². The number of aliphatic carboxylic acids is 1. The minimum absolute atomic E-state index is 0.0990. The van der Waals surface area contributed by atoms with Gasteiger partial charge in [0.15, 0.2) is 0 Å². The first kappa shape index (κ1) is 21.6. The van der Waals surface area contributed by atoms with Gasteiger partial charge in [-0.05, 0) is 24.5 Å². The van der Waals surface area contributed by atoms with Crippen LogP contribution in [0, 0.1) is 0 Å². The first-order valence-electron chi connectivity index (χ1n) is 7.07. The number of hydrogen-bond donors (Lipinski definition) is 3. The molecule has 0 unspecified atom stereocenters. The highest BCUT2D eigenvalue weighted by Gasteiger charge is 2.27. The molecule has 0 saturated carbocycles. The van der Waals surface area contributed by atoms with Crippen molar-refractivity contribution in [2.75, 3.05) is 25.7 Å². The van der Waals surface area contributed by atoms with Gasteiger partial charge in [0.1, 0.15) is 12.1 Å². The smallest absolute Gasteiger partial charge is 0.327 e. The van der Waals surface area contributed by atoms with Crippen LogP contribution in [0.3, 0.4) is 0 Å². The summed E-state index contributed by atoms with van der Waals surface area (Å²) >= 11 is 13.1. The van der Waals surface area contributed by atoms with Crippen LogP contribution in [-0.4, -0.2) is 60.7 Å². The monoisotopic (exact) mass is 408 g/mol. The fourth-order valence-corrected chi connectivity index (χ4v) is 2.81. The van der Waals surface area contributed by atoms with Crippen LogP contribution < -0.4 is 10.6 Å². The maximum absolute atomic E-state index is 12.3. The number of ether oxygens (including phenoxy) is 1. The number of carbonyl (C=O) groups is 3. The third-order valence-corrected chi connectivity index (χ3v) is 4.31. The maximum atomic E-state index is 12.3. The van der Waals surface area contributed by atoms with Crippen molar-refractivity contribution in [1.82, 2.24) is 10.6 Å². The molecule has 0 aliphatic rings. The Balaban J connectivity index is 2.88. The number of halogens is 2. The van der Waals surface area contributed by atoms with Crippen LogP contribution in [0.25, 0.3) is 0 Å². The fourth-order valence-electron chi connectivity index (χ4n) is 1.87. The van der Waals surface area contributed by atoms with Crippen LogP contribution in [0.2, 0.25) is 10.0 Å². The van der Waals surface area contributed by atoms with E-state index < -0.39 is 29.9 Å². The molecule has 0 aromatic heterocycles. The molecule has 138 valence electrons. The second kappa shape index (κ2) is 10.5. The van der Waals surface area contributed by atoms with Gasteiger partial charge in [0.25, 0.3) is 5.91 Å². The number of carboxylic acid groups (broad SMARTS) is 1. The maximum Gasteiger partial charge on any atom is 0.327 e. The Labute approximate surface area is 159 Å². The molecule has 0 heterocycles. The van der Waals surface area contributed by atoms with Crippen molar-refractivity contribution in [1.29, 1.82) is 0 Å². The number of benzene rings is 1. The van der Waals surface area contributed by atoms with Crippen LogP contribution in [-0.2, 0) is 14.3 Å². The van der Waals surface area contributed by atoms with Crippen molar-refractivity contribution in [2.45, 2.75) is 12.1 Å². The predicted octanol–water partition coefficient (Wildman–Crippen LogP) is 1.67. The fraction of sp³-hybridized carbons (Fsp3) is 0.400. The van der Waals surface area contributed by atoms with Gasteiger partial charge < -0.3 is 20.5 Å². The summed E-state index contributed by atoms with van der Waals surface area (Å²) in [5.74, 6) is -2.27. The van der Waals surface area contributed by atoms with Crippen molar-refractivity contribution in [3.63, 3.8) is 0 Å². The van der Waals surface area contributed by atoms with Crippen LogP contribution in [0.15, 0.2) is 18.2 Å². The molecule has 1 rings (SSSR count). The van der Waals surface area contributed by atoms with Gasteiger partial charge in [-0.3, -0.25) is 9.59 Å². The molecular weight excluding hydrogens is 391 g/mol. The highest BCUT2D eigenvalue weighted by Crippen LogP contribution is 2.20. The Morgan fingerprint density at radius 1 is 1.24 bits per heavy atom. The van der Waals surface area contributed by atoms with Gasteiger partial charge in [-0.2, -0.15) is 11.8 Å². The quantitative estimate of drug-likeness (QED) is 0.573. The highest BCUT2D eigenvalue weighted by atomic mass is 35.5. The summed E-state index contributed by atoms with van der Waals surface area (Å²) in [5.41, 5.74) is 0.0990. The lowest BCUT2D eigenvalue weighted by Gasteiger charge is -2.21. The Hall–Kier alpha value is -1.48.